The average molecular weight is 449 g/mol. The highest BCUT2D eigenvalue weighted by atomic mass is 19.4. The molecule has 0 aliphatic carbocycles. The number of benzene rings is 2. The lowest BCUT2D eigenvalue weighted by Crippen LogP contribution is -2.47. The summed E-state index contributed by atoms with van der Waals surface area (Å²) in [6.45, 7) is 2.50. The molecule has 0 saturated carbocycles. The standard InChI is InChI=1S/C24H26F3NO4/c1-16(31-2)23(30)28-14-17(13-22(29)19-6-4-3-5-7-19)12-20(15-28)18-8-10-21(11-9-18)32-24(25,26)27/h3-11,16-17,20H,12-15H2,1-2H3/t16-,17?,20?/m1/s1. The number of amides is 1. The molecule has 3 rings (SSSR count). The molecule has 1 amide bonds. The Morgan fingerprint density at radius 3 is 2.31 bits per heavy atom. The maximum Gasteiger partial charge on any atom is 0.573 e. The molecule has 1 aliphatic rings. The second-order valence-electron chi connectivity index (χ2n) is 8.03. The quantitative estimate of drug-likeness (QED) is 0.569. The van der Waals surface area contributed by atoms with E-state index in [-0.39, 0.29) is 35.7 Å². The van der Waals surface area contributed by atoms with Crippen molar-refractivity contribution in [1.82, 2.24) is 4.90 Å². The summed E-state index contributed by atoms with van der Waals surface area (Å²) in [4.78, 5) is 27.2. The molecule has 1 saturated heterocycles. The van der Waals surface area contributed by atoms with Gasteiger partial charge in [0.15, 0.2) is 5.78 Å². The van der Waals surface area contributed by atoms with Gasteiger partial charge < -0.3 is 14.4 Å². The number of carbonyl (C=O) groups is 2. The Morgan fingerprint density at radius 1 is 1.06 bits per heavy atom. The van der Waals surface area contributed by atoms with Gasteiger partial charge in [-0.2, -0.15) is 0 Å². The Labute approximate surface area is 185 Å². The van der Waals surface area contributed by atoms with Crippen LogP contribution in [0.1, 0.15) is 41.6 Å². The first-order valence-corrected chi connectivity index (χ1v) is 10.4. The maximum atomic E-state index is 12.8. The van der Waals surface area contributed by atoms with Gasteiger partial charge in [0, 0.05) is 38.1 Å². The third-order valence-corrected chi connectivity index (χ3v) is 5.71. The normalized spacial score (nSPS) is 20.0. The van der Waals surface area contributed by atoms with E-state index in [4.69, 9.17) is 4.74 Å². The van der Waals surface area contributed by atoms with Crippen molar-refractivity contribution >= 4 is 11.7 Å². The lowest BCUT2D eigenvalue weighted by atomic mass is 9.81. The molecular weight excluding hydrogens is 423 g/mol. The minimum atomic E-state index is -4.76. The molecule has 8 heteroatoms. The van der Waals surface area contributed by atoms with Gasteiger partial charge in [-0.15, -0.1) is 13.2 Å². The number of rotatable bonds is 7. The van der Waals surface area contributed by atoms with Crippen LogP contribution in [-0.2, 0) is 9.53 Å². The Kier molecular flexibility index (Phi) is 7.56. The van der Waals surface area contributed by atoms with E-state index >= 15 is 0 Å². The lowest BCUT2D eigenvalue weighted by Gasteiger charge is -2.39. The fourth-order valence-corrected chi connectivity index (χ4v) is 4.08. The van der Waals surface area contributed by atoms with Gasteiger partial charge in [-0.25, -0.2) is 0 Å². The van der Waals surface area contributed by atoms with E-state index in [1.807, 2.05) is 6.07 Å². The second kappa shape index (κ2) is 10.2. The van der Waals surface area contributed by atoms with E-state index in [9.17, 15) is 22.8 Å². The number of hydrogen-bond acceptors (Lipinski definition) is 4. The highest BCUT2D eigenvalue weighted by Gasteiger charge is 2.34. The third-order valence-electron chi connectivity index (χ3n) is 5.71. The molecule has 5 nitrogen and oxygen atoms in total. The Bertz CT molecular complexity index is 915. The summed E-state index contributed by atoms with van der Waals surface area (Å²) in [7, 11) is 1.46. The second-order valence-corrected chi connectivity index (χ2v) is 8.03. The van der Waals surface area contributed by atoms with Crippen molar-refractivity contribution in [2.75, 3.05) is 20.2 Å². The van der Waals surface area contributed by atoms with Crippen LogP contribution in [0.25, 0.3) is 0 Å². The number of halogens is 3. The Hall–Kier alpha value is -2.87. The SMILES string of the molecule is CO[C@H](C)C(=O)N1CC(CC(=O)c2ccccc2)CC(c2ccc(OC(F)(F)F)cc2)C1. The predicted molar refractivity (Wildman–Crippen MR) is 112 cm³/mol. The molecule has 32 heavy (non-hydrogen) atoms. The monoisotopic (exact) mass is 449 g/mol. The Balaban J connectivity index is 1.78. The molecule has 0 N–H and O–H groups in total. The van der Waals surface area contributed by atoms with Gasteiger partial charge in [0.05, 0.1) is 0 Å². The number of likely N-dealkylation sites (tertiary alicyclic amines) is 1. The molecular formula is C24H26F3NO4. The molecule has 3 atom stereocenters. The van der Waals surface area contributed by atoms with E-state index < -0.39 is 12.5 Å². The summed E-state index contributed by atoms with van der Waals surface area (Å²) in [5.41, 5.74) is 1.41. The molecule has 2 aromatic carbocycles. The molecule has 1 fully saturated rings. The summed E-state index contributed by atoms with van der Waals surface area (Å²) >= 11 is 0. The zero-order valence-electron chi connectivity index (χ0n) is 18.0. The number of ketones is 1. The van der Waals surface area contributed by atoms with Crippen molar-refractivity contribution in [1.29, 1.82) is 0 Å². The van der Waals surface area contributed by atoms with Crippen LogP contribution in [-0.4, -0.2) is 49.3 Å². The summed E-state index contributed by atoms with van der Waals surface area (Å²) < 4.78 is 46.5. The van der Waals surface area contributed by atoms with Gasteiger partial charge in [-0.3, -0.25) is 9.59 Å². The molecule has 2 unspecified atom stereocenters. The summed E-state index contributed by atoms with van der Waals surface area (Å²) in [6, 6.07) is 14.7. The summed E-state index contributed by atoms with van der Waals surface area (Å²) in [5.74, 6) is -0.677. The first-order valence-electron chi connectivity index (χ1n) is 10.4. The van der Waals surface area contributed by atoms with Gasteiger partial charge in [0.25, 0.3) is 5.91 Å². The minimum Gasteiger partial charge on any atom is -0.406 e. The minimum absolute atomic E-state index is 0.00244. The highest BCUT2D eigenvalue weighted by molar-refractivity contribution is 5.96. The lowest BCUT2D eigenvalue weighted by molar-refractivity contribution is -0.274. The van der Waals surface area contributed by atoms with Gasteiger partial charge in [-0.1, -0.05) is 42.5 Å². The van der Waals surface area contributed by atoms with Crippen LogP contribution in [0, 0.1) is 5.92 Å². The average Bonchev–Trinajstić information content (AvgIpc) is 2.77. The zero-order valence-corrected chi connectivity index (χ0v) is 18.0. The molecule has 2 aromatic rings. The molecule has 1 aliphatic heterocycles. The smallest absolute Gasteiger partial charge is 0.406 e. The summed E-state index contributed by atoms with van der Waals surface area (Å²) in [6.07, 6.45) is -4.46. The van der Waals surface area contributed by atoms with E-state index in [1.54, 1.807) is 48.2 Å². The number of methoxy groups -OCH3 is 1. The van der Waals surface area contributed by atoms with E-state index in [0.29, 0.717) is 25.1 Å². The van der Waals surface area contributed by atoms with E-state index in [2.05, 4.69) is 4.74 Å². The van der Waals surface area contributed by atoms with Crippen molar-refractivity contribution < 1.29 is 32.2 Å². The number of alkyl halides is 3. The molecule has 0 radical (unpaired) electrons. The van der Waals surface area contributed by atoms with Crippen LogP contribution in [0.2, 0.25) is 0 Å². The van der Waals surface area contributed by atoms with Gasteiger partial charge >= 0.3 is 6.36 Å². The van der Waals surface area contributed by atoms with Crippen LogP contribution in [0.3, 0.4) is 0 Å². The number of ether oxygens (including phenoxy) is 2. The number of carbonyl (C=O) groups excluding carboxylic acids is 2. The fourth-order valence-electron chi connectivity index (χ4n) is 4.08. The van der Waals surface area contributed by atoms with Crippen LogP contribution in [0.5, 0.6) is 5.75 Å². The van der Waals surface area contributed by atoms with Gasteiger partial charge in [0.1, 0.15) is 11.9 Å². The van der Waals surface area contributed by atoms with Crippen molar-refractivity contribution in [2.45, 2.75) is 38.1 Å². The van der Waals surface area contributed by atoms with E-state index in [1.165, 1.54) is 19.2 Å². The van der Waals surface area contributed by atoms with Crippen molar-refractivity contribution in [3.63, 3.8) is 0 Å². The van der Waals surface area contributed by atoms with Crippen LogP contribution < -0.4 is 4.74 Å². The molecule has 172 valence electrons. The van der Waals surface area contributed by atoms with E-state index in [0.717, 1.165) is 5.56 Å². The predicted octanol–water partition coefficient (Wildman–Crippen LogP) is 4.83. The molecule has 0 bridgehead atoms. The topological polar surface area (TPSA) is 55.8 Å². The van der Waals surface area contributed by atoms with Crippen molar-refractivity contribution in [3.05, 3.63) is 65.7 Å². The third kappa shape index (κ3) is 6.32. The largest absolute Gasteiger partial charge is 0.573 e. The van der Waals surface area contributed by atoms with Crippen LogP contribution >= 0.6 is 0 Å². The number of hydrogen-bond donors (Lipinski definition) is 0. The first kappa shape index (κ1) is 23.8. The fraction of sp³-hybridized carbons (Fsp3) is 0.417. The van der Waals surface area contributed by atoms with Crippen molar-refractivity contribution in [2.24, 2.45) is 5.92 Å². The summed E-state index contributed by atoms with van der Waals surface area (Å²) in [5, 5.41) is 0. The zero-order chi connectivity index (χ0) is 23.3. The van der Waals surface area contributed by atoms with Crippen LogP contribution in [0.4, 0.5) is 13.2 Å². The first-order chi connectivity index (χ1) is 15.2. The van der Waals surface area contributed by atoms with Crippen molar-refractivity contribution in [3.8, 4) is 5.75 Å². The number of Topliss-reactive ketones (excluding diaryl/α,β-unsaturated/α-hetero) is 1. The van der Waals surface area contributed by atoms with Gasteiger partial charge in [0.2, 0.25) is 0 Å². The molecule has 1 heterocycles. The Morgan fingerprint density at radius 2 is 1.72 bits per heavy atom. The maximum absolute atomic E-state index is 12.8. The number of piperidine rings is 1. The van der Waals surface area contributed by atoms with Crippen LogP contribution in [0.15, 0.2) is 54.6 Å². The number of nitrogens with zero attached hydrogens (tertiary/aromatic N) is 1. The highest BCUT2D eigenvalue weighted by Crippen LogP contribution is 2.34. The molecule has 0 aromatic heterocycles. The van der Waals surface area contributed by atoms with Gasteiger partial charge in [-0.05, 0) is 37.0 Å². The molecule has 0 spiro atoms.